The minimum atomic E-state index is -0.609. The SMILES string of the molecule is C[C@H](NC(=O)OC(C)(C)C)c1nc(-c2cc(F)cc(Cl)c2)no1. The molecule has 0 aliphatic carbocycles. The number of alkyl carbamates (subject to hydrolysis) is 1. The highest BCUT2D eigenvalue weighted by atomic mass is 35.5. The van der Waals surface area contributed by atoms with Crippen molar-refractivity contribution in [1.29, 1.82) is 0 Å². The molecule has 0 saturated carbocycles. The summed E-state index contributed by atoms with van der Waals surface area (Å²) in [6.07, 6.45) is -0.599. The molecule has 2 aromatic rings. The summed E-state index contributed by atoms with van der Waals surface area (Å²) in [6, 6.07) is 3.38. The van der Waals surface area contributed by atoms with E-state index < -0.39 is 23.6 Å². The number of rotatable bonds is 3. The second kappa shape index (κ2) is 6.54. The Bertz CT molecular complexity index is 692. The monoisotopic (exact) mass is 341 g/mol. The smallest absolute Gasteiger partial charge is 0.408 e. The van der Waals surface area contributed by atoms with Crippen molar-refractivity contribution < 1.29 is 18.4 Å². The van der Waals surface area contributed by atoms with E-state index in [-0.39, 0.29) is 16.7 Å². The lowest BCUT2D eigenvalue weighted by molar-refractivity contribution is 0.0499. The molecule has 0 fully saturated rings. The number of hydrogen-bond acceptors (Lipinski definition) is 5. The lowest BCUT2D eigenvalue weighted by atomic mass is 10.2. The zero-order valence-corrected chi connectivity index (χ0v) is 13.9. The Balaban J connectivity index is 2.11. The van der Waals surface area contributed by atoms with Gasteiger partial charge in [0.15, 0.2) is 0 Å². The van der Waals surface area contributed by atoms with Crippen molar-refractivity contribution in [1.82, 2.24) is 15.5 Å². The van der Waals surface area contributed by atoms with Gasteiger partial charge in [-0.15, -0.1) is 0 Å². The maximum atomic E-state index is 13.4. The number of benzene rings is 1. The topological polar surface area (TPSA) is 77.2 Å². The lowest BCUT2D eigenvalue weighted by Gasteiger charge is -2.20. The van der Waals surface area contributed by atoms with Crippen LogP contribution in [0.25, 0.3) is 11.4 Å². The maximum Gasteiger partial charge on any atom is 0.408 e. The van der Waals surface area contributed by atoms with Crippen LogP contribution >= 0.6 is 11.6 Å². The summed E-state index contributed by atoms with van der Waals surface area (Å²) in [5.74, 6) is -0.149. The van der Waals surface area contributed by atoms with Crippen LogP contribution in [-0.2, 0) is 4.74 Å². The standard InChI is InChI=1S/C15H17ClFN3O3/c1-8(18-14(21)22-15(2,3)4)13-19-12(20-23-13)9-5-10(16)7-11(17)6-9/h5-8H,1-4H3,(H,18,21)/t8-/m0/s1. The molecule has 124 valence electrons. The van der Waals surface area contributed by atoms with Crippen LogP contribution in [0.15, 0.2) is 22.7 Å². The minimum Gasteiger partial charge on any atom is -0.444 e. The van der Waals surface area contributed by atoms with Gasteiger partial charge in [0, 0.05) is 10.6 Å². The van der Waals surface area contributed by atoms with Gasteiger partial charge in [0.1, 0.15) is 17.5 Å². The molecule has 2 rings (SSSR count). The predicted molar refractivity (Wildman–Crippen MR) is 82.5 cm³/mol. The van der Waals surface area contributed by atoms with E-state index in [0.717, 1.165) is 0 Å². The Labute approximate surface area is 138 Å². The molecule has 1 atom stereocenters. The lowest BCUT2D eigenvalue weighted by Crippen LogP contribution is -2.34. The molecule has 0 saturated heterocycles. The Morgan fingerprint density at radius 3 is 2.70 bits per heavy atom. The highest BCUT2D eigenvalue weighted by Gasteiger charge is 2.21. The molecule has 6 nitrogen and oxygen atoms in total. The Morgan fingerprint density at radius 1 is 1.39 bits per heavy atom. The molecule has 0 bridgehead atoms. The van der Waals surface area contributed by atoms with Crippen LogP contribution < -0.4 is 5.32 Å². The van der Waals surface area contributed by atoms with Crippen LogP contribution in [0.4, 0.5) is 9.18 Å². The van der Waals surface area contributed by atoms with E-state index in [9.17, 15) is 9.18 Å². The molecule has 1 aromatic heterocycles. The van der Waals surface area contributed by atoms with Gasteiger partial charge in [0.05, 0.1) is 0 Å². The number of ether oxygens (including phenoxy) is 1. The summed E-state index contributed by atoms with van der Waals surface area (Å²) in [5, 5.41) is 6.58. The first-order valence-corrected chi connectivity index (χ1v) is 7.31. The van der Waals surface area contributed by atoms with Gasteiger partial charge < -0.3 is 14.6 Å². The molecule has 0 aliphatic rings. The first-order chi connectivity index (χ1) is 10.6. The third-order valence-corrected chi connectivity index (χ3v) is 2.88. The summed E-state index contributed by atoms with van der Waals surface area (Å²) >= 11 is 5.80. The molecule has 1 aromatic carbocycles. The third kappa shape index (κ3) is 4.92. The fraction of sp³-hybridized carbons (Fsp3) is 0.400. The van der Waals surface area contributed by atoms with Gasteiger partial charge in [0.2, 0.25) is 11.7 Å². The number of nitrogens with zero attached hydrogens (tertiary/aromatic N) is 2. The fourth-order valence-electron chi connectivity index (χ4n) is 1.76. The van der Waals surface area contributed by atoms with E-state index in [4.69, 9.17) is 20.9 Å². The molecule has 1 N–H and O–H groups in total. The average Bonchev–Trinajstić information content (AvgIpc) is 2.84. The number of hydrogen-bond donors (Lipinski definition) is 1. The Morgan fingerprint density at radius 2 is 2.09 bits per heavy atom. The largest absolute Gasteiger partial charge is 0.444 e. The van der Waals surface area contributed by atoms with Crippen molar-refractivity contribution in [3.8, 4) is 11.4 Å². The summed E-state index contributed by atoms with van der Waals surface area (Å²) < 4.78 is 23.6. The summed E-state index contributed by atoms with van der Waals surface area (Å²) in [5.41, 5.74) is -0.225. The van der Waals surface area contributed by atoms with Crippen LogP contribution in [0.3, 0.4) is 0 Å². The van der Waals surface area contributed by atoms with E-state index >= 15 is 0 Å². The molecule has 0 unspecified atom stereocenters. The van der Waals surface area contributed by atoms with Crippen molar-refractivity contribution in [3.63, 3.8) is 0 Å². The molecule has 0 radical (unpaired) electrons. The highest BCUT2D eigenvalue weighted by Crippen LogP contribution is 2.23. The van der Waals surface area contributed by atoms with Crippen LogP contribution in [0.2, 0.25) is 5.02 Å². The van der Waals surface area contributed by atoms with Gasteiger partial charge in [-0.3, -0.25) is 0 Å². The molecule has 1 amide bonds. The normalized spacial score (nSPS) is 12.8. The quantitative estimate of drug-likeness (QED) is 0.908. The fourth-order valence-corrected chi connectivity index (χ4v) is 1.98. The highest BCUT2D eigenvalue weighted by molar-refractivity contribution is 6.30. The molecule has 8 heteroatoms. The number of nitrogens with one attached hydrogen (secondary N) is 1. The van der Waals surface area contributed by atoms with Gasteiger partial charge in [-0.25, -0.2) is 9.18 Å². The number of aromatic nitrogens is 2. The van der Waals surface area contributed by atoms with Gasteiger partial charge in [-0.2, -0.15) is 4.98 Å². The Kier molecular flexibility index (Phi) is 4.89. The molecular weight excluding hydrogens is 325 g/mol. The van der Waals surface area contributed by atoms with Crippen molar-refractivity contribution in [3.05, 3.63) is 34.9 Å². The summed E-state index contributed by atoms with van der Waals surface area (Å²) in [7, 11) is 0. The van der Waals surface area contributed by atoms with Crippen molar-refractivity contribution >= 4 is 17.7 Å². The van der Waals surface area contributed by atoms with E-state index in [2.05, 4.69) is 15.5 Å². The third-order valence-electron chi connectivity index (χ3n) is 2.67. The van der Waals surface area contributed by atoms with Crippen molar-refractivity contribution in [2.75, 3.05) is 0 Å². The second-order valence-electron chi connectivity index (χ2n) is 5.98. The Hall–Kier alpha value is -2.15. The van der Waals surface area contributed by atoms with Gasteiger partial charge in [-0.1, -0.05) is 16.8 Å². The molecule has 0 aliphatic heterocycles. The van der Waals surface area contributed by atoms with Gasteiger partial charge in [-0.05, 0) is 45.9 Å². The van der Waals surface area contributed by atoms with E-state index in [1.165, 1.54) is 18.2 Å². The zero-order valence-electron chi connectivity index (χ0n) is 13.2. The predicted octanol–water partition coefficient (Wildman–Crippen LogP) is 4.11. The van der Waals surface area contributed by atoms with Crippen LogP contribution in [0, 0.1) is 5.82 Å². The number of carbonyl (C=O) groups excluding carboxylic acids is 1. The minimum absolute atomic E-state index is 0.172. The van der Waals surface area contributed by atoms with E-state index in [0.29, 0.717) is 5.56 Å². The summed E-state index contributed by atoms with van der Waals surface area (Å²) in [6.45, 7) is 6.95. The second-order valence-corrected chi connectivity index (χ2v) is 6.42. The average molecular weight is 342 g/mol. The van der Waals surface area contributed by atoms with Crippen LogP contribution in [0.5, 0.6) is 0 Å². The number of amides is 1. The molecular formula is C15H17ClFN3O3. The van der Waals surface area contributed by atoms with E-state index in [1.54, 1.807) is 27.7 Å². The molecule has 1 heterocycles. The number of carbonyl (C=O) groups is 1. The van der Waals surface area contributed by atoms with Crippen LogP contribution in [0.1, 0.15) is 39.6 Å². The zero-order chi connectivity index (χ0) is 17.2. The van der Waals surface area contributed by atoms with Crippen LogP contribution in [-0.4, -0.2) is 21.8 Å². The van der Waals surface area contributed by atoms with Crippen molar-refractivity contribution in [2.24, 2.45) is 0 Å². The molecule has 0 spiro atoms. The van der Waals surface area contributed by atoms with E-state index in [1.807, 2.05) is 0 Å². The van der Waals surface area contributed by atoms with Gasteiger partial charge >= 0.3 is 6.09 Å². The molecule has 23 heavy (non-hydrogen) atoms. The summed E-state index contributed by atoms with van der Waals surface area (Å²) in [4.78, 5) is 15.9. The number of halogens is 2. The van der Waals surface area contributed by atoms with Crippen molar-refractivity contribution in [2.45, 2.75) is 39.3 Å². The first-order valence-electron chi connectivity index (χ1n) is 6.93. The van der Waals surface area contributed by atoms with Gasteiger partial charge in [0.25, 0.3) is 0 Å². The first kappa shape index (κ1) is 17.2. The maximum absolute atomic E-state index is 13.4.